The lowest BCUT2D eigenvalue weighted by Crippen LogP contribution is -2.02. The lowest BCUT2D eigenvalue weighted by molar-refractivity contribution is 1.05. The van der Waals surface area contributed by atoms with E-state index in [1.54, 1.807) is 0 Å². The predicted octanol–water partition coefficient (Wildman–Crippen LogP) is 12.4. The zero-order chi connectivity index (χ0) is 33.5. The average Bonchev–Trinajstić information content (AvgIpc) is 3.85. The van der Waals surface area contributed by atoms with E-state index in [0.29, 0.717) is 5.82 Å². The van der Waals surface area contributed by atoms with Crippen molar-refractivity contribution in [2.75, 3.05) is 0 Å². The molecule has 4 aromatic heterocycles. The third-order valence-electron chi connectivity index (χ3n) is 10.1. The molecule has 7 aromatic carbocycles. The minimum Gasteiger partial charge on any atom is -0.309 e. The van der Waals surface area contributed by atoms with Gasteiger partial charge in [-0.25, -0.2) is 9.97 Å². The Morgan fingerprint density at radius 1 is 0.412 bits per heavy atom. The van der Waals surface area contributed by atoms with Crippen LogP contribution in [0.15, 0.2) is 170 Å². The summed E-state index contributed by atoms with van der Waals surface area (Å²) in [6.45, 7) is 0. The molecule has 11 aromatic rings. The monoisotopic (exact) mass is 668 g/mol. The van der Waals surface area contributed by atoms with Crippen molar-refractivity contribution in [3.8, 4) is 34.2 Å². The third-order valence-corrected chi connectivity index (χ3v) is 11.3. The Balaban J connectivity index is 1.25. The molecule has 0 unspecified atom stereocenters. The quantitative estimate of drug-likeness (QED) is 0.187. The van der Waals surface area contributed by atoms with E-state index in [-0.39, 0.29) is 0 Å². The van der Waals surface area contributed by atoms with Crippen molar-refractivity contribution in [1.29, 1.82) is 0 Å². The van der Waals surface area contributed by atoms with Crippen LogP contribution in [0.3, 0.4) is 0 Å². The Morgan fingerprint density at radius 3 is 1.75 bits per heavy atom. The number of hydrogen-bond acceptors (Lipinski definition) is 3. The number of thiophene rings is 1. The van der Waals surface area contributed by atoms with Crippen LogP contribution in [0.25, 0.3) is 97.9 Å². The maximum atomic E-state index is 5.45. The highest BCUT2D eigenvalue weighted by atomic mass is 32.1. The second-order valence-corrected chi connectivity index (χ2v) is 14.1. The highest BCUT2D eigenvalue weighted by Gasteiger charge is 2.21. The summed E-state index contributed by atoms with van der Waals surface area (Å²) in [5.74, 6) is 1.56. The van der Waals surface area contributed by atoms with Gasteiger partial charge in [-0.05, 0) is 48.5 Å². The Kier molecular flexibility index (Phi) is 6.09. The van der Waals surface area contributed by atoms with Crippen molar-refractivity contribution in [2.45, 2.75) is 0 Å². The van der Waals surface area contributed by atoms with Crippen LogP contribution in [0.1, 0.15) is 0 Å². The molecule has 51 heavy (non-hydrogen) atoms. The summed E-state index contributed by atoms with van der Waals surface area (Å²) in [6.07, 6.45) is 0. The van der Waals surface area contributed by atoms with Crippen molar-refractivity contribution in [3.05, 3.63) is 170 Å². The van der Waals surface area contributed by atoms with Gasteiger partial charge in [-0.2, -0.15) is 0 Å². The fourth-order valence-electron chi connectivity index (χ4n) is 7.92. The van der Waals surface area contributed by atoms with Gasteiger partial charge in [-0.1, -0.05) is 115 Å². The van der Waals surface area contributed by atoms with Crippen LogP contribution < -0.4 is 0 Å². The van der Waals surface area contributed by atoms with Gasteiger partial charge in [-0.3, -0.25) is 4.57 Å². The summed E-state index contributed by atoms with van der Waals surface area (Å²) in [5.41, 5.74) is 8.73. The predicted molar refractivity (Wildman–Crippen MR) is 214 cm³/mol. The Labute approximate surface area is 297 Å². The Bertz CT molecular complexity index is 3130. The summed E-state index contributed by atoms with van der Waals surface area (Å²) >= 11 is 1.82. The molecule has 0 amide bonds. The molecule has 0 aliphatic carbocycles. The summed E-state index contributed by atoms with van der Waals surface area (Å²) in [6, 6.07) is 60.5. The smallest absolute Gasteiger partial charge is 0.162 e. The third kappa shape index (κ3) is 4.25. The van der Waals surface area contributed by atoms with Crippen molar-refractivity contribution in [2.24, 2.45) is 0 Å². The van der Waals surface area contributed by atoms with Crippen LogP contribution in [0, 0.1) is 0 Å². The van der Waals surface area contributed by atoms with E-state index >= 15 is 0 Å². The second-order valence-electron chi connectivity index (χ2n) is 13.0. The number of para-hydroxylation sites is 3. The molecule has 0 bridgehead atoms. The fourth-order valence-corrected chi connectivity index (χ4v) is 9.05. The van der Waals surface area contributed by atoms with E-state index in [0.717, 1.165) is 39.4 Å². The van der Waals surface area contributed by atoms with E-state index in [1.807, 2.05) is 11.3 Å². The van der Waals surface area contributed by atoms with Crippen molar-refractivity contribution < 1.29 is 0 Å². The van der Waals surface area contributed by atoms with Crippen LogP contribution in [0.4, 0.5) is 0 Å². The summed E-state index contributed by atoms with van der Waals surface area (Å²) in [7, 11) is 0. The van der Waals surface area contributed by atoms with Crippen LogP contribution in [0.5, 0.6) is 0 Å². The van der Waals surface area contributed by atoms with E-state index in [1.165, 1.54) is 52.8 Å². The highest BCUT2D eigenvalue weighted by molar-refractivity contribution is 7.25. The Morgan fingerprint density at radius 2 is 1.00 bits per heavy atom. The second kappa shape index (κ2) is 11.0. The van der Waals surface area contributed by atoms with Gasteiger partial charge in [0.25, 0.3) is 0 Å². The van der Waals surface area contributed by atoms with Gasteiger partial charge in [0.2, 0.25) is 0 Å². The van der Waals surface area contributed by atoms with Gasteiger partial charge in [0.05, 0.1) is 27.8 Å². The van der Waals surface area contributed by atoms with Crippen molar-refractivity contribution in [3.63, 3.8) is 0 Å². The molecule has 0 aliphatic heterocycles. The van der Waals surface area contributed by atoms with Crippen molar-refractivity contribution in [1.82, 2.24) is 19.1 Å². The maximum Gasteiger partial charge on any atom is 0.162 e. The van der Waals surface area contributed by atoms with Gasteiger partial charge in [-0.15, -0.1) is 11.3 Å². The van der Waals surface area contributed by atoms with E-state index in [9.17, 15) is 0 Å². The van der Waals surface area contributed by atoms with Gasteiger partial charge in [0, 0.05) is 64.6 Å². The molecular weight excluding hydrogens is 641 g/mol. The average molecular weight is 669 g/mol. The molecule has 0 N–H and O–H groups in total. The topological polar surface area (TPSA) is 35.6 Å². The minimum atomic E-state index is 0.716. The molecule has 0 atom stereocenters. The normalized spacial score (nSPS) is 11.9. The highest BCUT2D eigenvalue weighted by Crippen LogP contribution is 2.42. The van der Waals surface area contributed by atoms with Crippen LogP contribution in [-0.2, 0) is 0 Å². The first-order valence-corrected chi connectivity index (χ1v) is 18.0. The van der Waals surface area contributed by atoms with Crippen LogP contribution in [0.2, 0.25) is 0 Å². The first-order valence-electron chi connectivity index (χ1n) is 17.2. The minimum absolute atomic E-state index is 0.716. The molecule has 0 saturated carbocycles. The molecule has 0 fully saturated rings. The number of aromatic nitrogens is 4. The largest absolute Gasteiger partial charge is 0.309 e. The van der Waals surface area contributed by atoms with Gasteiger partial charge >= 0.3 is 0 Å². The number of fused-ring (bicyclic) bond motifs is 9. The van der Waals surface area contributed by atoms with Gasteiger partial charge < -0.3 is 4.57 Å². The van der Waals surface area contributed by atoms with E-state index in [4.69, 9.17) is 9.97 Å². The molecule has 0 saturated heterocycles. The van der Waals surface area contributed by atoms with Crippen LogP contribution >= 0.6 is 11.3 Å². The summed E-state index contributed by atoms with van der Waals surface area (Å²) in [4.78, 5) is 10.7. The first kappa shape index (κ1) is 28.3. The number of hydrogen-bond donors (Lipinski definition) is 0. The summed E-state index contributed by atoms with van der Waals surface area (Å²) < 4.78 is 7.22. The molecule has 0 spiro atoms. The number of benzene rings is 7. The molecule has 238 valence electrons. The molecule has 0 aliphatic rings. The standard InChI is InChI=1S/C46H28N4S/c1-3-14-29(15-4-1)37-28-44(48-46(47-37)34-21-13-25-43-45(34)33-20-9-12-24-42(33)51-43)50-39-23-11-8-19-32(39)36-26-40-35(27-41(36)50)31-18-7-10-22-38(31)49(40)30-16-5-2-6-17-30/h1-28H. The SMILES string of the molecule is c1ccc(-c2cc(-n3c4ccccc4c4cc5c(cc43)c3ccccc3n5-c3ccccc3)nc(-c3cccc4sc5ccccc5c34)n2)cc1. The maximum absolute atomic E-state index is 5.45. The first-order chi connectivity index (χ1) is 25.3. The summed E-state index contributed by atoms with van der Waals surface area (Å²) in [5, 5.41) is 7.24. The van der Waals surface area contributed by atoms with Crippen molar-refractivity contribution >= 4 is 75.1 Å². The van der Waals surface area contributed by atoms with Crippen LogP contribution in [-0.4, -0.2) is 19.1 Å². The van der Waals surface area contributed by atoms with Gasteiger partial charge in [0.1, 0.15) is 5.82 Å². The van der Waals surface area contributed by atoms with Gasteiger partial charge in [0.15, 0.2) is 5.82 Å². The lowest BCUT2D eigenvalue weighted by atomic mass is 10.1. The molecule has 4 heterocycles. The molecule has 11 rings (SSSR count). The fraction of sp³-hybridized carbons (Fsp3) is 0. The molecule has 0 radical (unpaired) electrons. The molecule has 4 nitrogen and oxygen atoms in total. The number of nitrogens with zero attached hydrogens (tertiary/aromatic N) is 4. The number of rotatable bonds is 4. The molecule has 5 heteroatoms. The zero-order valence-corrected chi connectivity index (χ0v) is 28.2. The Hall–Kier alpha value is -6.56. The van der Waals surface area contributed by atoms with E-state index in [2.05, 4.69) is 179 Å². The lowest BCUT2D eigenvalue weighted by Gasteiger charge is -2.13. The molecular formula is C46H28N4S. The van der Waals surface area contributed by atoms with E-state index < -0.39 is 0 Å². The zero-order valence-electron chi connectivity index (χ0n) is 27.4.